The molecule has 0 bridgehead atoms. The fraction of sp³-hybridized carbons (Fsp3) is 0.538. The Morgan fingerprint density at radius 1 is 1.45 bits per heavy atom. The second kappa shape index (κ2) is 5.97. The molecule has 0 saturated heterocycles. The molecule has 0 heterocycles. The van der Waals surface area contributed by atoms with Crippen LogP contribution in [0, 0.1) is 11.7 Å². The molecule has 1 aromatic carbocycles. The predicted molar refractivity (Wildman–Crippen MR) is 76.7 cm³/mol. The SMILES string of the molecule is CCNCc1cc(Cl)cc(S(=O)(=O)NC2CC2C)c1F. The molecule has 2 atom stereocenters. The summed E-state index contributed by atoms with van der Waals surface area (Å²) in [5.41, 5.74) is 0.253. The Morgan fingerprint density at radius 2 is 2.10 bits per heavy atom. The smallest absolute Gasteiger partial charge is 0.243 e. The van der Waals surface area contributed by atoms with Crippen LogP contribution in [0.5, 0.6) is 0 Å². The van der Waals surface area contributed by atoms with E-state index >= 15 is 0 Å². The third kappa shape index (κ3) is 3.49. The Hall–Kier alpha value is -0.690. The van der Waals surface area contributed by atoms with Crippen LogP contribution in [0.4, 0.5) is 4.39 Å². The van der Waals surface area contributed by atoms with E-state index in [-0.39, 0.29) is 28.1 Å². The topological polar surface area (TPSA) is 58.2 Å². The third-order valence-corrected chi connectivity index (χ3v) is 5.06. The van der Waals surface area contributed by atoms with Crippen molar-refractivity contribution in [2.75, 3.05) is 6.54 Å². The van der Waals surface area contributed by atoms with Crippen LogP contribution in [0.3, 0.4) is 0 Å². The van der Waals surface area contributed by atoms with E-state index in [2.05, 4.69) is 10.0 Å². The second-order valence-corrected chi connectivity index (χ2v) is 7.22. The number of nitrogens with one attached hydrogen (secondary N) is 2. The van der Waals surface area contributed by atoms with Crippen LogP contribution in [0.15, 0.2) is 17.0 Å². The first kappa shape index (κ1) is 15.7. The van der Waals surface area contributed by atoms with Crippen molar-refractivity contribution in [3.63, 3.8) is 0 Å². The summed E-state index contributed by atoms with van der Waals surface area (Å²) in [7, 11) is -3.87. The van der Waals surface area contributed by atoms with Crippen LogP contribution in [-0.2, 0) is 16.6 Å². The molecule has 1 saturated carbocycles. The van der Waals surface area contributed by atoms with Gasteiger partial charge in [0.05, 0.1) is 0 Å². The lowest BCUT2D eigenvalue weighted by Crippen LogP contribution is -2.28. The summed E-state index contributed by atoms with van der Waals surface area (Å²) in [6, 6.07) is 2.50. The van der Waals surface area contributed by atoms with Gasteiger partial charge in [0.25, 0.3) is 0 Å². The van der Waals surface area contributed by atoms with Gasteiger partial charge in [-0.2, -0.15) is 0 Å². The summed E-state index contributed by atoms with van der Waals surface area (Å²) in [5.74, 6) is -0.440. The molecular weight excluding hydrogens is 303 g/mol. The van der Waals surface area contributed by atoms with Crippen LogP contribution in [-0.4, -0.2) is 21.0 Å². The molecule has 1 aliphatic carbocycles. The maximum absolute atomic E-state index is 14.3. The van der Waals surface area contributed by atoms with Crippen LogP contribution >= 0.6 is 11.6 Å². The molecule has 1 aliphatic rings. The summed E-state index contributed by atoms with van der Waals surface area (Å²) < 4.78 is 41.2. The van der Waals surface area contributed by atoms with E-state index in [1.807, 2.05) is 13.8 Å². The van der Waals surface area contributed by atoms with E-state index in [0.717, 1.165) is 12.5 Å². The van der Waals surface area contributed by atoms with Crippen LogP contribution < -0.4 is 10.0 Å². The molecule has 2 rings (SSSR count). The predicted octanol–water partition coefficient (Wildman–Crippen LogP) is 2.28. The molecule has 0 spiro atoms. The zero-order chi connectivity index (χ0) is 14.9. The number of rotatable bonds is 6. The van der Waals surface area contributed by atoms with Crippen molar-refractivity contribution in [3.8, 4) is 0 Å². The molecule has 0 amide bonds. The summed E-state index contributed by atoms with van der Waals surface area (Å²) >= 11 is 5.90. The van der Waals surface area contributed by atoms with Gasteiger partial charge in [-0.15, -0.1) is 0 Å². The molecule has 2 N–H and O–H groups in total. The molecular formula is C13H18ClFN2O2S. The van der Waals surface area contributed by atoms with Gasteiger partial charge in [0.1, 0.15) is 10.7 Å². The Balaban J connectivity index is 2.32. The Morgan fingerprint density at radius 3 is 2.65 bits per heavy atom. The maximum Gasteiger partial charge on any atom is 0.243 e. The second-order valence-electron chi connectivity index (χ2n) is 5.10. The number of sulfonamides is 1. The van der Waals surface area contributed by atoms with Crippen molar-refractivity contribution in [1.29, 1.82) is 0 Å². The lowest BCUT2D eigenvalue weighted by molar-refractivity contribution is 0.542. The molecule has 112 valence electrons. The van der Waals surface area contributed by atoms with Gasteiger partial charge in [-0.1, -0.05) is 25.4 Å². The molecule has 2 unspecified atom stereocenters. The largest absolute Gasteiger partial charge is 0.313 e. The van der Waals surface area contributed by atoms with Gasteiger partial charge in [-0.3, -0.25) is 0 Å². The van der Waals surface area contributed by atoms with Gasteiger partial charge < -0.3 is 5.32 Å². The quantitative estimate of drug-likeness (QED) is 0.845. The number of halogens is 2. The van der Waals surface area contributed by atoms with Crippen molar-refractivity contribution < 1.29 is 12.8 Å². The van der Waals surface area contributed by atoms with E-state index in [9.17, 15) is 12.8 Å². The molecule has 1 fully saturated rings. The van der Waals surface area contributed by atoms with E-state index in [1.165, 1.54) is 6.07 Å². The zero-order valence-electron chi connectivity index (χ0n) is 11.4. The molecule has 4 nitrogen and oxygen atoms in total. The standard InChI is InChI=1S/C13H18ClFN2O2S/c1-3-16-7-9-5-10(14)6-12(13(9)15)20(18,19)17-11-4-8(11)2/h5-6,8,11,16-17H,3-4,7H2,1-2H3. The molecule has 0 aromatic heterocycles. The fourth-order valence-corrected chi connectivity index (χ4v) is 3.76. The normalized spacial score (nSPS) is 22.0. The number of hydrogen-bond acceptors (Lipinski definition) is 3. The van der Waals surface area contributed by atoms with Crippen LogP contribution in [0.1, 0.15) is 25.8 Å². The summed E-state index contributed by atoms with van der Waals surface area (Å²) in [6.45, 7) is 4.73. The van der Waals surface area contributed by atoms with Gasteiger partial charge in [-0.05, 0) is 31.0 Å². The average molecular weight is 321 g/mol. The highest BCUT2D eigenvalue weighted by Crippen LogP contribution is 2.32. The molecule has 0 aliphatic heterocycles. The van der Waals surface area contributed by atoms with Gasteiger partial charge >= 0.3 is 0 Å². The van der Waals surface area contributed by atoms with Crippen molar-refractivity contribution in [1.82, 2.24) is 10.0 Å². The Labute approximate surface area is 123 Å². The van der Waals surface area contributed by atoms with Gasteiger partial charge in [0, 0.05) is 23.2 Å². The average Bonchev–Trinajstić information content (AvgIpc) is 3.04. The first-order chi connectivity index (χ1) is 9.35. The highest BCUT2D eigenvalue weighted by Gasteiger charge is 2.37. The number of benzene rings is 1. The highest BCUT2D eigenvalue weighted by molar-refractivity contribution is 7.89. The van der Waals surface area contributed by atoms with Crippen molar-refractivity contribution in [3.05, 3.63) is 28.5 Å². The lowest BCUT2D eigenvalue weighted by atomic mass is 10.2. The molecule has 1 aromatic rings. The molecule has 0 radical (unpaired) electrons. The minimum atomic E-state index is -3.87. The van der Waals surface area contributed by atoms with Gasteiger partial charge in [0.15, 0.2) is 0 Å². The Bertz CT molecular complexity index is 607. The summed E-state index contributed by atoms with van der Waals surface area (Å²) in [6.07, 6.45) is 0.783. The van der Waals surface area contributed by atoms with Gasteiger partial charge in [0.2, 0.25) is 10.0 Å². The first-order valence-corrected chi connectivity index (χ1v) is 8.42. The van der Waals surface area contributed by atoms with E-state index < -0.39 is 15.8 Å². The minimum Gasteiger partial charge on any atom is -0.313 e. The Kier molecular flexibility index (Phi) is 4.69. The molecule has 20 heavy (non-hydrogen) atoms. The molecule has 7 heteroatoms. The fourth-order valence-electron chi connectivity index (χ4n) is 1.95. The number of hydrogen-bond donors (Lipinski definition) is 2. The van der Waals surface area contributed by atoms with Crippen LogP contribution in [0.2, 0.25) is 5.02 Å². The summed E-state index contributed by atoms with van der Waals surface area (Å²) in [5, 5.41) is 3.17. The van der Waals surface area contributed by atoms with Crippen molar-refractivity contribution >= 4 is 21.6 Å². The highest BCUT2D eigenvalue weighted by atomic mass is 35.5. The van der Waals surface area contributed by atoms with E-state index in [1.54, 1.807) is 0 Å². The third-order valence-electron chi connectivity index (χ3n) is 3.35. The van der Waals surface area contributed by atoms with E-state index in [4.69, 9.17) is 11.6 Å². The monoisotopic (exact) mass is 320 g/mol. The lowest BCUT2D eigenvalue weighted by Gasteiger charge is -2.11. The van der Waals surface area contributed by atoms with Crippen LogP contribution in [0.25, 0.3) is 0 Å². The minimum absolute atomic E-state index is 0.101. The van der Waals surface area contributed by atoms with Gasteiger partial charge in [-0.25, -0.2) is 17.5 Å². The van der Waals surface area contributed by atoms with E-state index in [0.29, 0.717) is 12.5 Å². The summed E-state index contributed by atoms with van der Waals surface area (Å²) in [4.78, 5) is -0.378. The first-order valence-electron chi connectivity index (χ1n) is 6.56. The van der Waals surface area contributed by atoms with Crippen molar-refractivity contribution in [2.24, 2.45) is 5.92 Å². The maximum atomic E-state index is 14.3. The zero-order valence-corrected chi connectivity index (χ0v) is 13.0. The van der Waals surface area contributed by atoms with Crippen molar-refractivity contribution in [2.45, 2.75) is 37.8 Å².